The number of rotatable bonds is 7. The molecule has 0 heterocycles. The number of ether oxygens (including phenoxy) is 1. The Morgan fingerprint density at radius 3 is 2.46 bits per heavy atom. The zero-order valence-corrected chi connectivity index (χ0v) is 16.0. The van der Waals surface area contributed by atoms with Crippen LogP contribution in [0, 0.1) is 5.41 Å². The quantitative estimate of drug-likeness (QED) is 0.511. The Balaban J connectivity index is 0.00000338. The van der Waals surface area contributed by atoms with E-state index in [0.29, 0.717) is 11.3 Å². The highest BCUT2D eigenvalue weighted by Gasteiger charge is 2.09. The van der Waals surface area contributed by atoms with Gasteiger partial charge in [-0.2, -0.15) is 0 Å². The number of anilines is 2. The Morgan fingerprint density at radius 1 is 1.23 bits per heavy atom. The number of amidine groups is 1. The third kappa shape index (κ3) is 6.29. The molecule has 4 N–H and O–H groups in total. The first-order chi connectivity index (χ1) is 11.8. The molecule has 7 heteroatoms. The van der Waals surface area contributed by atoms with E-state index in [4.69, 9.17) is 15.9 Å². The van der Waals surface area contributed by atoms with Gasteiger partial charge in [0.05, 0.1) is 12.6 Å². The van der Waals surface area contributed by atoms with Gasteiger partial charge in [0.2, 0.25) is 5.91 Å². The van der Waals surface area contributed by atoms with E-state index in [-0.39, 0.29) is 36.8 Å². The van der Waals surface area contributed by atoms with Crippen LogP contribution in [0.5, 0.6) is 5.75 Å². The molecular weight excluding hydrogens is 352 g/mol. The first-order valence-corrected chi connectivity index (χ1v) is 8.07. The highest BCUT2D eigenvalue weighted by atomic mass is 35.5. The van der Waals surface area contributed by atoms with Gasteiger partial charge >= 0.3 is 0 Å². The number of hydrogen-bond donors (Lipinski definition) is 3. The highest BCUT2D eigenvalue weighted by molar-refractivity contribution is 5.96. The standard InChI is InChI=1S/C19H24N4O2.ClH/c1-13(2)25-17-9-7-15(8-10-17)22-18(24)12-23(3)16-6-4-5-14(11-16)19(20)21;/h4-11,13H,12H2,1-3H3,(H3,20,21)(H,22,24);1H. The van der Waals surface area contributed by atoms with E-state index in [1.165, 1.54) is 0 Å². The Hall–Kier alpha value is -2.73. The summed E-state index contributed by atoms with van der Waals surface area (Å²) >= 11 is 0. The first kappa shape index (κ1) is 21.3. The first-order valence-electron chi connectivity index (χ1n) is 8.07. The van der Waals surface area contributed by atoms with Gasteiger partial charge in [0.15, 0.2) is 0 Å². The van der Waals surface area contributed by atoms with E-state index in [1.807, 2.05) is 57.3 Å². The van der Waals surface area contributed by atoms with Crippen molar-refractivity contribution in [2.45, 2.75) is 20.0 Å². The predicted octanol–water partition coefficient (Wildman–Crippen LogP) is 3.25. The Labute approximate surface area is 160 Å². The van der Waals surface area contributed by atoms with Crippen LogP contribution in [0.2, 0.25) is 0 Å². The second-order valence-electron chi connectivity index (χ2n) is 6.06. The lowest BCUT2D eigenvalue weighted by Gasteiger charge is -2.19. The maximum absolute atomic E-state index is 12.2. The molecule has 0 fully saturated rings. The second kappa shape index (κ2) is 9.68. The number of benzene rings is 2. The van der Waals surface area contributed by atoms with E-state index < -0.39 is 0 Å². The van der Waals surface area contributed by atoms with Gasteiger partial charge in [0.1, 0.15) is 11.6 Å². The zero-order valence-electron chi connectivity index (χ0n) is 15.2. The predicted molar refractivity (Wildman–Crippen MR) is 109 cm³/mol. The number of nitrogens with zero attached hydrogens (tertiary/aromatic N) is 1. The third-order valence-electron chi connectivity index (χ3n) is 3.49. The highest BCUT2D eigenvalue weighted by Crippen LogP contribution is 2.18. The lowest BCUT2D eigenvalue weighted by atomic mass is 10.2. The number of nitrogen functional groups attached to an aromatic ring is 1. The molecule has 0 atom stereocenters. The Bertz CT molecular complexity index is 747. The molecule has 0 unspecified atom stereocenters. The summed E-state index contributed by atoms with van der Waals surface area (Å²) in [4.78, 5) is 14.0. The number of hydrogen-bond acceptors (Lipinski definition) is 4. The molecule has 0 bridgehead atoms. The van der Waals surface area contributed by atoms with Crippen molar-refractivity contribution in [3.05, 3.63) is 54.1 Å². The molecule has 0 saturated heterocycles. The van der Waals surface area contributed by atoms with E-state index in [2.05, 4.69) is 5.32 Å². The van der Waals surface area contributed by atoms with Crippen molar-refractivity contribution < 1.29 is 9.53 Å². The van der Waals surface area contributed by atoms with E-state index >= 15 is 0 Å². The van der Waals surface area contributed by atoms with Gasteiger partial charge in [-0.1, -0.05) is 12.1 Å². The average molecular weight is 377 g/mol. The number of amides is 1. The fourth-order valence-corrected chi connectivity index (χ4v) is 2.31. The molecule has 1 amide bonds. The minimum absolute atomic E-state index is 0. The molecule has 0 aromatic heterocycles. The Morgan fingerprint density at radius 2 is 1.88 bits per heavy atom. The van der Waals surface area contributed by atoms with Crippen LogP contribution in [0.25, 0.3) is 0 Å². The van der Waals surface area contributed by atoms with Gasteiger partial charge < -0.3 is 20.7 Å². The van der Waals surface area contributed by atoms with Crippen molar-refractivity contribution in [3.8, 4) is 5.75 Å². The number of halogens is 1. The molecule has 0 aliphatic rings. The molecule has 0 saturated carbocycles. The monoisotopic (exact) mass is 376 g/mol. The smallest absolute Gasteiger partial charge is 0.243 e. The maximum Gasteiger partial charge on any atom is 0.243 e. The SMILES string of the molecule is CC(C)Oc1ccc(NC(=O)CN(C)c2cccc(C(=N)N)c2)cc1.Cl. The van der Waals surface area contributed by atoms with E-state index in [0.717, 1.165) is 11.4 Å². The molecule has 2 aromatic carbocycles. The summed E-state index contributed by atoms with van der Waals surface area (Å²) in [6.45, 7) is 4.12. The topological polar surface area (TPSA) is 91.4 Å². The molecule has 26 heavy (non-hydrogen) atoms. The van der Waals surface area contributed by atoms with Gasteiger partial charge in [-0.05, 0) is 50.2 Å². The summed E-state index contributed by atoms with van der Waals surface area (Å²) in [6.07, 6.45) is 0.111. The van der Waals surface area contributed by atoms with Gasteiger partial charge in [0, 0.05) is 24.0 Å². The van der Waals surface area contributed by atoms with Crippen LogP contribution in [-0.2, 0) is 4.79 Å². The van der Waals surface area contributed by atoms with E-state index in [9.17, 15) is 4.79 Å². The molecule has 140 valence electrons. The van der Waals surface area contributed by atoms with E-state index in [1.54, 1.807) is 17.0 Å². The van der Waals surface area contributed by atoms with Crippen LogP contribution in [-0.4, -0.2) is 31.4 Å². The fourth-order valence-electron chi connectivity index (χ4n) is 2.31. The summed E-state index contributed by atoms with van der Waals surface area (Å²) in [6, 6.07) is 14.5. The summed E-state index contributed by atoms with van der Waals surface area (Å²) in [5.74, 6) is 0.642. The lowest BCUT2D eigenvalue weighted by Crippen LogP contribution is -2.30. The number of nitrogens with one attached hydrogen (secondary N) is 2. The summed E-state index contributed by atoms with van der Waals surface area (Å²) in [7, 11) is 1.82. The van der Waals surface area contributed by atoms with Crippen molar-refractivity contribution in [2.75, 3.05) is 23.8 Å². The van der Waals surface area contributed by atoms with Gasteiger partial charge in [-0.25, -0.2) is 0 Å². The van der Waals surface area contributed by atoms with Crippen LogP contribution in [0.15, 0.2) is 48.5 Å². The molecule has 0 spiro atoms. The summed E-state index contributed by atoms with van der Waals surface area (Å²) in [5, 5.41) is 10.3. The van der Waals surface area contributed by atoms with Crippen molar-refractivity contribution in [2.24, 2.45) is 5.73 Å². The number of likely N-dealkylation sites (N-methyl/N-ethyl adjacent to an activating group) is 1. The zero-order chi connectivity index (χ0) is 18.4. The molecular formula is C19H25ClN4O2. The van der Waals surface area contributed by atoms with Gasteiger partial charge in [-0.3, -0.25) is 10.2 Å². The minimum atomic E-state index is -0.131. The van der Waals surface area contributed by atoms with Crippen LogP contribution in [0.3, 0.4) is 0 Å². The number of carbonyl (C=O) groups is 1. The van der Waals surface area contributed by atoms with Gasteiger partial charge in [-0.15, -0.1) is 12.4 Å². The number of nitrogens with two attached hydrogens (primary N) is 1. The van der Waals surface area contributed by atoms with Crippen LogP contribution < -0.4 is 20.7 Å². The van der Waals surface area contributed by atoms with Crippen LogP contribution >= 0.6 is 12.4 Å². The van der Waals surface area contributed by atoms with Crippen LogP contribution in [0.4, 0.5) is 11.4 Å². The van der Waals surface area contributed by atoms with Gasteiger partial charge in [0.25, 0.3) is 0 Å². The third-order valence-corrected chi connectivity index (χ3v) is 3.49. The number of carbonyl (C=O) groups excluding carboxylic acids is 1. The average Bonchev–Trinajstić information content (AvgIpc) is 2.56. The van der Waals surface area contributed by atoms with Crippen molar-refractivity contribution >= 4 is 35.5 Å². The lowest BCUT2D eigenvalue weighted by molar-refractivity contribution is -0.114. The molecule has 2 aromatic rings. The van der Waals surface area contributed by atoms with Crippen molar-refractivity contribution in [1.29, 1.82) is 5.41 Å². The molecule has 0 aliphatic carbocycles. The van der Waals surface area contributed by atoms with Crippen molar-refractivity contribution in [3.63, 3.8) is 0 Å². The molecule has 0 radical (unpaired) electrons. The second-order valence-corrected chi connectivity index (χ2v) is 6.06. The maximum atomic E-state index is 12.2. The minimum Gasteiger partial charge on any atom is -0.491 e. The molecule has 6 nitrogen and oxygen atoms in total. The van der Waals surface area contributed by atoms with Crippen LogP contribution in [0.1, 0.15) is 19.4 Å². The molecule has 2 rings (SSSR count). The molecule has 0 aliphatic heterocycles. The normalized spacial score (nSPS) is 10.0. The van der Waals surface area contributed by atoms with Crippen molar-refractivity contribution in [1.82, 2.24) is 0 Å². The Kier molecular flexibility index (Phi) is 7.93. The summed E-state index contributed by atoms with van der Waals surface area (Å²) in [5.41, 5.74) is 7.67. The largest absolute Gasteiger partial charge is 0.491 e. The summed E-state index contributed by atoms with van der Waals surface area (Å²) < 4.78 is 5.58. The fraction of sp³-hybridized carbons (Fsp3) is 0.263.